The Morgan fingerprint density at radius 1 is 0.872 bits per heavy atom. The van der Waals surface area contributed by atoms with Gasteiger partial charge in [0, 0.05) is 17.3 Å². The topological polar surface area (TPSA) is 66.8 Å². The van der Waals surface area contributed by atoms with Crippen LogP contribution in [0.2, 0.25) is 0 Å². The van der Waals surface area contributed by atoms with Crippen LogP contribution in [0.15, 0.2) is 96.6 Å². The first-order chi connectivity index (χ1) is 18.7. The Balaban J connectivity index is 1.57. The second-order valence-corrected chi connectivity index (χ2v) is 9.07. The molecule has 1 heterocycles. The van der Waals surface area contributed by atoms with Crippen LogP contribution in [0.3, 0.4) is 0 Å². The third-order valence-corrected chi connectivity index (χ3v) is 6.50. The van der Waals surface area contributed by atoms with Crippen molar-refractivity contribution in [3.63, 3.8) is 0 Å². The van der Waals surface area contributed by atoms with Crippen molar-refractivity contribution in [2.75, 3.05) is 4.90 Å². The van der Waals surface area contributed by atoms with Gasteiger partial charge >= 0.3 is 0 Å². The molecule has 1 aliphatic heterocycles. The van der Waals surface area contributed by atoms with Gasteiger partial charge in [-0.05, 0) is 66.1 Å². The molecule has 1 saturated heterocycles. The van der Waals surface area contributed by atoms with E-state index in [0.29, 0.717) is 23.5 Å². The molecule has 1 unspecified atom stereocenters. The number of Topliss-reactive ketones (excluding diaryl/α,β-unsaturated/α-hetero) is 1. The normalized spacial score (nSPS) is 16.5. The van der Waals surface area contributed by atoms with E-state index in [0.717, 1.165) is 40.8 Å². The number of anilines is 1. The summed E-state index contributed by atoms with van der Waals surface area (Å²) in [4.78, 5) is 27.4. The number of amides is 1. The van der Waals surface area contributed by atoms with Crippen LogP contribution in [0.5, 0.6) is 5.75 Å². The highest BCUT2D eigenvalue weighted by Gasteiger charge is 2.47. The van der Waals surface area contributed by atoms with Gasteiger partial charge in [-0.3, -0.25) is 14.5 Å². The summed E-state index contributed by atoms with van der Waals surface area (Å²) in [6.07, 6.45) is 0. The van der Waals surface area contributed by atoms with E-state index in [1.54, 1.807) is 25.1 Å². The van der Waals surface area contributed by atoms with Gasteiger partial charge in [0.15, 0.2) is 11.6 Å². The monoisotopic (exact) mass is 529 g/mol. The molecule has 0 saturated carbocycles. The van der Waals surface area contributed by atoms with E-state index in [9.17, 15) is 27.9 Å². The lowest BCUT2D eigenvalue weighted by molar-refractivity contribution is -0.132. The number of halogens is 3. The Bertz CT molecular complexity index is 1600. The van der Waals surface area contributed by atoms with E-state index in [1.165, 1.54) is 12.1 Å². The molecule has 1 aliphatic rings. The first-order valence-corrected chi connectivity index (χ1v) is 12.0. The zero-order valence-electron chi connectivity index (χ0n) is 20.7. The number of benzene rings is 4. The van der Waals surface area contributed by atoms with E-state index < -0.39 is 40.9 Å². The summed E-state index contributed by atoms with van der Waals surface area (Å²) in [5.74, 6) is -4.86. The second-order valence-electron chi connectivity index (χ2n) is 9.07. The molecule has 39 heavy (non-hydrogen) atoms. The Labute approximate surface area is 222 Å². The first-order valence-electron chi connectivity index (χ1n) is 12.0. The molecular weight excluding hydrogens is 507 g/mol. The molecule has 5 rings (SSSR count). The van der Waals surface area contributed by atoms with E-state index in [2.05, 4.69) is 0 Å². The molecule has 4 aromatic carbocycles. The maximum atomic E-state index is 14.1. The van der Waals surface area contributed by atoms with Gasteiger partial charge < -0.3 is 9.84 Å². The van der Waals surface area contributed by atoms with Crippen molar-refractivity contribution < 1.29 is 32.6 Å². The maximum absolute atomic E-state index is 14.1. The summed E-state index contributed by atoms with van der Waals surface area (Å²) in [5, 5.41) is 11.3. The number of hydrogen-bond acceptors (Lipinski definition) is 4. The van der Waals surface area contributed by atoms with Crippen LogP contribution < -0.4 is 9.64 Å². The number of rotatable bonds is 6. The number of aryl methyl sites for hydroxylation is 1. The quantitative estimate of drug-likeness (QED) is 0.173. The molecule has 0 radical (unpaired) electrons. The van der Waals surface area contributed by atoms with Gasteiger partial charge in [-0.25, -0.2) is 13.2 Å². The highest BCUT2D eigenvalue weighted by molar-refractivity contribution is 6.51. The minimum absolute atomic E-state index is 0.0924. The predicted molar refractivity (Wildman–Crippen MR) is 139 cm³/mol. The molecule has 5 nitrogen and oxygen atoms in total. The van der Waals surface area contributed by atoms with Crippen molar-refractivity contribution in [1.82, 2.24) is 0 Å². The van der Waals surface area contributed by atoms with Crippen LogP contribution in [0.4, 0.5) is 18.9 Å². The summed E-state index contributed by atoms with van der Waals surface area (Å²) >= 11 is 0. The van der Waals surface area contributed by atoms with Crippen molar-refractivity contribution in [1.29, 1.82) is 0 Å². The van der Waals surface area contributed by atoms with Gasteiger partial charge in [0.05, 0.1) is 11.6 Å². The van der Waals surface area contributed by atoms with Crippen LogP contribution in [0.1, 0.15) is 28.3 Å². The minimum Gasteiger partial charge on any atom is -0.507 e. The van der Waals surface area contributed by atoms with E-state index in [4.69, 9.17) is 4.74 Å². The van der Waals surface area contributed by atoms with Crippen LogP contribution in [-0.2, 0) is 16.2 Å². The molecule has 0 bridgehead atoms. The van der Waals surface area contributed by atoms with Crippen LogP contribution in [-0.4, -0.2) is 16.8 Å². The molecule has 1 atom stereocenters. The number of ether oxygens (including phenoxy) is 1. The third-order valence-electron chi connectivity index (χ3n) is 6.50. The predicted octanol–water partition coefficient (Wildman–Crippen LogP) is 6.62. The van der Waals surface area contributed by atoms with Crippen LogP contribution in [0.25, 0.3) is 5.76 Å². The summed E-state index contributed by atoms with van der Waals surface area (Å²) in [5.41, 5.74) is 1.82. The van der Waals surface area contributed by atoms with Gasteiger partial charge in [0.2, 0.25) is 0 Å². The molecular formula is C31H22F3NO4. The Kier molecular flexibility index (Phi) is 6.94. The average molecular weight is 530 g/mol. The number of hydrogen-bond donors (Lipinski definition) is 1. The Hall–Kier alpha value is -4.85. The highest BCUT2D eigenvalue weighted by Crippen LogP contribution is 2.42. The fourth-order valence-corrected chi connectivity index (χ4v) is 4.54. The summed E-state index contributed by atoms with van der Waals surface area (Å²) in [7, 11) is 0. The largest absolute Gasteiger partial charge is 0.507 e. The number of carbonyl (C=O) groups excluding carboxylic acids is 2. The van der Waals surface area contributed by atoms with Crippen LogP contribution >= 0.6 is 0 Å². The summed E-state index contributed by atoms with van der Waals surface area (Å²) in [6.45, 7) is 2.10. The number of aliphatic hydroxyl groups excluding tert-OH is 1. The zero-order chi connectivity index (χ0) is 27.7. The molecule has 0 aromatic heterocycles. The summed E-state index contributed by atoms with van der Waals surface area (Å²) < 4.78 is 47.3. The molecule has 1 amide bonds. The number of ketones is 1. The highest BCUT2D eigenvalue weighted by atomic mass is 19.2. The Morgan fingerprint density at radius 3 is 2.26 bits per heavy atom. The second kappa shape index (κ2) is 10.5. The van der Waals surface area contributed by atoms with Crippen LogP contribution in [0, 0.1) is 24.4 Å². The van der Waals surface area contributed by atoms with Crippen molar-refractivity contribution in [3.8, 4) is 5.75 Å². The van der Waals surface area contributed by atoms with Gasteiger partial charge in [0.25, 0.3) is 11.7 Å². The van der Waals surface area contributed by atoms with E-state index in [-0.39, 0.29) is 16.8 Å². The molecule has 196 valence electrons. The standard InChI is InChI=1S/C31H22F3NO4/c1-18-15-21(9-14-26(18)39-17-19-5-3-2-4-6-19)29(36)27-28(20-7-10-22(32)11-8-20)35(31(38)30(27)37)23-12-13-24(33)25(34)16-23/h2-16,28,36H,17H2,1H3/b29-27+. The minimum atomic E-state index is -1.22. The molecule has 8 heteroatoms. The average Bonchev–Trinajstić information content (AvgIpc) is 3.20. The van der Waals surface area contributed by atoms with Gasteiger partial charge in [0.1, 0.15) is 23.9 Å². The maximum Gasteiger partial charge on any atom is 0.300 e. The van der Waals surface area contributed by atoms with Crippen molar-refractivity contribution >= 4 is 23.1 Å². The van der Waals surface area contributed by atoms with E-state index in [1.807, 2.05) is 30.3 Å². The molecule has 0 spiro atoms. The molecule has 1 N–H and O–H groups in total. The fourth-order valence-electron chi connectivity index (χ4n) is 4.54. The summed E-state index contributed by atoms with van der Waals surface area (Å²) in [6, 6.07) is 20.9. The lowest BCUT2D eigenvalue weighted by atomic mass is 9.94. The third kappa shape index (κ3) is 5.01. The number of carbonyl (C=O) groups is 2. The molecule has 1 fully saturated rings. The number of nitrogens with zero attached hydrogens (tertiary/aromatic N) is 1. The van der Waals surface area contributed by atoms with Gasteiger partial charge in [-0.15, -0.1) is 0 Å². The lowest BCUT2D eigenvalue weighted by Crippen LogP contribution is -2.29. The van der Waals surface area contributed by atoms with E-state index >= 15 is 0 Å². The fraction of sp³-hybridized carbons (Fsp3) is 0.0968. The zero-order valence-corrected chi connectivity index (χ0v) is 20.7. The first kappa shape index (κ1) is 25.8. The Morgan fingerprint density at radius 2 is 1.59 bits per heavy atom. The van der Waals surface area contributed by atoms with Crippen molar-refractivity contribution in [2.45, 2.75) is 19.6 Å². The van der Waals surface area contributed by atoms with Crippen molar-refractivity contribution in [3.05, 3.63) is 136 Å². The SMILES string of the molecule is Cc1cc(/C(O)=C2\C(=O)C(=O)N(c3ccc(F)c(F)c3)C2c2ccc(F)cc2)ccc1OCc1ccccc1. The van der Waals surface area contributed by atoms with Crippen molar-refractivity contribution in [2.24, 2.45) is 0 Å². The molecule has 0 aliphatic carbocycles. The number of aliphatic hydroxyl groups is 1. The molecule has 4 aromatic rings. The van der Waals surface area contributed by atoms with Gasteiger partial charge in [-0.1, -0.05) is 42.5 Å². The smallest absolute Gasteiger partial charge is 0.300 e. The lowest BCUT2D eigenvalue weighted by Gasteiger charge is -2.25. The van der Waals surface area contributed by atoms with Gasteiger partial charge in [-0.2, -0.15) is 0 Å².